The van der Waals surface area contributed by atoms with Gasteiger partial charge in [-0.3, -0.25) is 14.6 Å². The maximum Gasteiger partial charge on any atom is 0.417 e. The molecule has 2 fully saturated rings. The van der Waals surface area contributed by atoms with E-state index in [-0.39, 0.29) is 51.9 Å². The van der Waals surface area contributed by atoms with Crippen molar-refractivity contribution < 1.29 is 63.3 Å². The number of ether oxygens (including phenoxy) is 1. The number of nitrogens with zero attached hydrogens (tertiary/aromatic N) is 2. The Morgan fingerprint density at radius 2 is 1.60 bits per heavy atom. The van der Waals surface area contributed by atoms with Gasteiger partial charge in [0.1, 0.15) is 23.4 Å². The van der Waals surface area contributed by atoms with E-state index in [0.29, 0.717) is 19.4 Å². The Balaban J connectivity index is 1.48. The van der Waals surface area contributed by atoms with Gasteiger partial charge in [-0.25, -0.2) is 9.18 Å². The van der Waals surface area contributed by atoms with Crippen LogP contribution >= 0.6 is 0 Å². The lowest BCUT2D eigenvalue weighted by atomic mass is 9.76. The zero-order chi connectivity index (χ0) is 38.9. The van der Waals surface area contributed by atoms with Gasteiger partial charge in [-0.1, -0.05) is 36.4 Å². The molecule has 0 radical (unpaired) electrons. The third-order valence-corrected chi connectivity index (χ3v) is 9.94. The molecular formula is C36H37F10N3O4. The largest absolute Gasteiger partial charge is 0.496 e. The fourth-order valence-corrected chi connectivity index (χ4v) is 7.30. The molecule has 53 heavy (non-hydrogen) atoms. The maximum absolute atomic E-state index is 14.7. The van der Waals surface area contributed by atoms with E-state index in [2.05, 4.69) is 0 Å². The van der Waals surface area contributed by atoms with Crippen LogP contribution in [0.15, 0.2) is 48.5 Å². The Morgan fingerprint density at radius 3 is 2.19 bits per heavy atom. The molecule has 0 aromatic heterocycles. The third-order valence-electron chi connectivity index (χ3n) is 9.94. The summed E-state index contributed by atoms with van der Waals surface area (Å²) < 4.78 is 145. The van der Waals surface area contributed by atoms with Crippen molar-refractivity contribution in [3.05, 3.63) is 65.2 Å². The fourth-order valence-electron chi connectivity index (χ4n) is 7.30. The molecule has 17 heteroatoms. The molecule has 2 atom stereocenters. The van der Waals surface area contributed by atoms with Gasteiger partial charge in [0.25, 0.3) is 0 Å². The van der Waals surface area contributed by atoms with Crippen molar-refractivity contribution in [2.75, 3.05) is 39.8 Å². The minimum Gasteiger partial charge on any atom is -0.496 e. The second kappa shape index (κ2) is 15.3. The van der Waals surface area contributed by atoms with Crippen LogP contribution in [0.3, 0.4) is 0 Å². The van der Waals surface area contributed by atoms with Gasteiger partial charge in [0.05, 0.1) is 19.2 Å². The summed E-state index contributed by atoms with van der Waals surface area (Å²) in [5.74, 6) is -3.53. The molecule has 2 heterocycles. The van der Waals surface area contributed by atoms with Gasteiger partial charge in [0.2, 0.25) is 5.91 Å². The molecule has 0 saturated carbocycles. The van der Waals surface area contributed by atoms with Gasteiger partial charge >= 0.3 is 24.5 Å². The van der Waals surface area contributed by atoms with Crippen LogP contribution in [0.2, 0.25) is 0 Å². The minimum atomic E-state index is -5.22. The second-order valence-electron chi connectivity index (χ2n) is 13.6. The predicted molar refractivity (Wildman–Crippen MR) is 174 cm³/mol. The van der Waals surface area contributed by atoms with Crippen LogP contribution in [0.25, 0.3) is 21.9 Å². The third kappa shape index (κ3) is 8.99. The van der Waals surface area contributed by atoms with E-state index in [1.807, 2.05) is 5.32 Å². The number of fused-ring (bicyclic) bond motifs is 1. The van der Waals surface area contributed by atoms with Crippen LogP contribution in [-0.4, -0.2) is 91.2 Å². The molecule has 2 N–H and O–H groups in total. The number of alkyl halides is 10. The van der Waals surface area contributed by atoms with Gasteiger partial charge in [0, 0.05) is 25.1 Å². The monoisotopic (exact) mass is 765 g/mol. The number of carbonyl (C=O) groups is 2. The summed E-state index contributed by atoms with van der Waals surface area (Å²) in [4.78, 5) is 28.1. The van der Waals surface area contributed by atoms with Crippen molar-refractivity contribution in [1.82, 2.24) is 15.1 Å². The molecule has 0 unspecified atom stereocenters. The van der Waals surface area contributed by atoms with E-state index >= 15 is 0 Å². The molecule has 2 saturated heterocycles. The Morgan fingerprint density at radius 1 is 0.943 bits per heavy atom. The zero-order valence-corrected chi connectivity index (χ0v) is 28.4. The number of benzene rings is 3. The standard InChI is InChI=1S/C36H37F10N3O4/c1-53-29-16-21(18-49-12-4-6-23(37)19-49)15-27(35(41,42)43)30(29)26-9-3-7-24-22(5-2-8-25(24)26)17-28(31(50)51)47-32(52)33(36(44,45)46)10-13-48(14-11-33)20-34(38,39)40/h2-3,5,7-9,15-16,23,28H,4,6,10-14,17-20H2,1H3,(H,47,52)(H,50,51)/t23-,28-/m0/s1. The number of piperidine rings is 2. The van der Waals surface area contributed by atoms with Crippen molar-refractivity contribution in [2.24, 2.45) is 5.41 Å². The molecular weight excluding hydrogens is 728 g/mol. The summed E-state index contributed by atoms with van der Waals surface area (Å²) in [6.07, 6.45) is -17.6. The highest BCUT2D eigenvalue weighted by atomic mass is 19.4. The quantitative estimate of drug-likeness (QED) is 0.205. The van der Waals surface area contributed by atoms with Gasteiger partial charge < -0.3 is 15.2 Å². The van der Waals surface area contributed by atoms with Gasteiger partial charge in [0.15, 0.2) is 0 Å². The highest BCUT2D eigenvalue weighted by Gasteiger charge is 2.61. The first-order valence-electron chi connectivity index (χ1n) is 16.8. The normalized spacial score (nSPS) is 19.6. The zero-order valence-electron chi connectivity index (χ0n) is 28.4. The summed E-state index contributed by atoms with van der Waals surface area (Å²) in [6.45, 7) is -2.26. The summed E-state index contributed by atoms with van der Waals surface area (Å²) >= 11 is 0. The SMILES string of the molecule is COc1cc(CN2CCC[C@H](F)C2)cc(C(F)(F)F)c1-c1cccc2c(C[C@H](NC(=O)C3(C(F)(F)F)CCN(CC(F)(F)F)CC3)C(=O)O)cccc12. The van der Waals surface area contributed by atoms with Crippen LogP contribution in [-0.2, 0) is 28.7 Å². The fraction of sp³-hybridized carbons (Fsp3) is 0.500. The van der Waals surface area contributed by atoms with Crippen molar-refractivity contribution in [1.29, 1.82) is 0 Å². The molecule has 2 aliphatic heterocycles. The van der Waals surface area contributed by atoms with Crippen LogP contribution < -0.4 is 10.1 Å². The molecule has 2 aliphatic rings. The van der Waals surface area contributed by atoms with Crippen molar-refractivity contribution in [3.8, 4) is 16.9 Å². The van der Waals surface area contributed by atoms with Crippen LogP contribution in [0, 0.1) is 5.41 Å². The van der Waals surface area contributed by atoms with E-state index in [4.69, 9.17) is 4.74 Å². The van der Waals surface area contributed by atoms with Gasteiger partial charge in [-0.15, -0.1) is 0 Å². The summed E-state index contributed by atoms with van der Waals surface area (Å²) in [7, 11) is 1.20. The Kier molecular flexibility index (Phi) is 11.6. The Hall–Kier alpha value is -4.12. The minimum absolute atomic E-state index is 0.0452. The average Bonchev–Trinajstić information content (AvgIpc) is 3.06. The van der Waals surface area contributed by atoms with E-state index in [1.54, 1.807) is 4.90 Å². The number of hydrogen-bond acceptors (Lipinski definition) is 5. The van der Waals surface area contributed by atoms with E-state index < -0.39 is 92.5 Å². The number of aliphatic carboxylic acids is 1. The number of carboxylic acid groups (broad SMARTS) is 1. The lowest BCUT2D eigenvalue weighted by Crippen LogP contribution is -2.59. The molecule has 5 rings (SSSR count). The lowest BCUT2D eigenvalue weighted by Gasteiger charge is -2.42. The van der Waals surface area contributed by atoms with Gasteiger partial charge in [-0.2, -0.15) is 39.5 Å². The Bertz CT molecular complexity index is 1800. The highest BCUT2D eigenvalue weighted by molar-refractivity contribution is 6.01. The van der Waals surface area contributed by atoms with Crippen molar-refractivity contribution in [3.63, 3.8) is 0 Å². The van der Waals surface area contributed by atoms with Crippen molar-refractivity contribution >= 4 is 22.6 Å². The lowest BCUT2D eigenvalue weighted by molar-refractivity contribution is -0.236. The summed E-state index contributed by atoms with van der Waals surface area (Å²) in [5, 5.41) is 12.4. The number of methoxy groups -OCH3 is 1. The molecule has 1 amide bonds. The first-order chi connectivity index (χ1) is 24.7. The number of amides is 1. The smallest absolute Gasteiger partial charge is 0.417 e. The molecule has 0 aliphatic carbocycles. The molecule has 290 valence electrons. The number of rotatable bonds is 10. The molecule has 3 aromatic carbocycles. The number of carboxylic acids is 1. The second-order valence-corrected chi connectivity index (χ2v) is 13.6. The first kappa shape index (κ1) is 40.1. The molecule has 3 aromatic rings. The van der Waals surface area contributed by atoms with Gasteiger partial charge in [-0.05, 0) is 84.9 Å². The number of likely N-dealkylation sites (tertiary alicyclic amines) is 2. The maximum atomic E-state index is 14.7. The predicted octanol–water partition coefficient (Wildman–Crippen LogP) is 7.79. The van der Waals surface area contributed by atoms with Crippen molar-refractivity contribution in [2.45, 2.75) is 69.4 Å². The number of halogens is 10. The first-order valence-corrected chi connectivity index (χ1v) is 16.8. The van der Waals surface area contributed by atoms with E-state index in [1.165, 1.54) is 49.6 Å². The molecule has 0 spiro atoms. The van der Waals surface area contributed by atoms with Crippen LogP contribution in [0.5, 0.6) is 5.75 Å². The topological polar surface area (TPSA) is 82.1 Å². The Labute approximate surface area is 297 Å². The van der Waals surface area contributed by atoms with E-state index in [0.717, 1.165) is 11.0 Å². The molecule has 0 bridgehead atoms. The number of carbonyl (C=O) groups excluding carboxylic acids is 1. The van der Waals surface area contributed by atoms with Crippen LogP contribution in [0.1, 0.15) is 42.4 Å². The average molecular weight is 766 g/mol. The highest BCUT2D eigenvalue weighted by Crippen LogP contribution is 2.48. The number of hydrogen-bond donors (Lipinski definition) is 2. The summed E-state index contributed by atoms with van der Waals surface area (Å²) in [6, 6.07) is 9.12. The van der Waals surface area contributed by atoms with Crippen LogP contribution in [0.4, 0.5) is 43.9 Å². The van der Waals surface area contributed by atoms with E-state index in [9.17, 15) is 58.6 Å². The molecule has 7 nitrogen and oxygen atoms in total. The summed E-state index contributed by atoms with van der Waals surface area (Å²) in [5.41, 5.74) is -4.02. The number of nitrogens with one attached hydrogen (secondary N) is 1.